The van der Waals surface area contributed by atoms with Gasteiger partial charge in [-0.15, -0.1) is 0 Å². The molecule has 2 rings (SSSR count). The van der Waals surface area contributed by atoms with Crippen LogP contribution < -0.4 is 11.5 Å². The molecule has 1 atom stereocenters. The van der Waals surface area contributed by atoms with Gasteiger partial charge in [-0.25, -0.2) is 4.98 Å². The van der Waals surface area contributed by atoms with Crippen LogP contribution in [0.5, 0.6) is 0 Å². The van der Waals surface area contributed by atoms with Gasteiger partial charge in [-0.1, -0.05) is 0 Å². The lowest BCUT2D eigenvalue weighted by Crippen LogP contribution is -2.48. The molecule has 0 amide bonds. The normalized spacial score (nSPS) is 25.4. The fourth-order valence-electron chi connectivity index (χ4n) is 1.64. The van der Waals surface area contributed by atoms with Crippen molar-refractivity contribution in [2.45, 2.75) is 12.0 Å². The molecule has 0 bridgehead atoms. The van der Waals surface area contributed by atoms with Crippen LogP contribution in [0.4, 0.5) is 5.82 Å². The molecule has 1 aliphatic rings. The fraction of sp³-hybridized carbons (Fsp3) is 0.400. The van der Waals surface area contributed by atoms with Crippen molar-refractivity contribution in [2.75, 3.05) is 18.9 Å². The van der Waals surface area contributed by atoms with Gasteiger partial charge in [0.25, 0.3) is 0 Å². The number of anilines is 1. The topological polar surface area (TPSA) is 91.2 Å². The van der Waals surface area contributed by atoms with E-state index in [9.17, 15) is 4.79 Å². The quantitative estimate of drug-likeness (QED) is 0.664. The van der Waals surface area contributed by atoms with E-state index in [4.69, 9.17) is 16.2 Å². The van der Waals surface area contributed by atoms with E-state index in [1.807, 2.05) is 0 Å². The molecule has 2 heterocycles. The molecule has 0 aliphatic carbocycles. The summed E-state index contributed by atoms with van der Waals surface area (Å²) in [6, 6.07) is 3.31. The highest BCUT2D eigenvalue weighted by molar-refractivity contribution is 6.06. The van der Waals surface area contributed by atoms with Crippen molar-refractivity contribution in [1.82, 2.24) is 4.98 Å². The van der Waals surface area contributed by atoms with Crippen LogP contribution >= 0.6 is 0 Å². The second-order valence-corrected chi connectivity index (χ2v) is 3.72. The Morgan fingerprint density at radius 1 is 1.60 bits per heavy atom. The van der Waals surface area contributed by atoms with E-state index in [0.29, 0.717) is 18.6 Å². The highest BCUT2D eigenvalue weighted by atomic mass is 16.5. The molecule has 0 radical (unpaired) electrons. The first-order valence-electron chi connectivity index (χ1n) is 4.75. The first kappa shape index (κ1) is 10.1. The van der Waals surface area contributed by atoms with Crippen molar-refractivity contribution in [3.8, 4) is 0 Å². The Bertz CT molecular complexity index is 386. The third-order valence-corrected chi connectivity index (χ3v) is 2.59. The van der Waals surface area contributed by atoms with E-state index < -0.39 is 5.54 Å². The molecule has 0 spiro atoms. The van der Waals surface area contributed by atoms with Gasteiger partial charge in [0.1, 0.15) is 11.4 Å². The molecule has 1 aromatic rings. The molecule has 1 aliphatic heterocycles. The van der Waals surface area contributed by atoms with Crippen LogP contribution in [0.3, 0.4) is 0 Å². The number of carbonyl (C=O) groups is 1. The number of nitrogen functional groups attached to an aromatic ring is 1. The molecule has 0 aromatic carbocycles. The molecule has 4 N–H and O–H groups in total. The molecule has 15 heavy (non-hydrogen) atoms. The average molecular weight is 207 g/mol. The van der Waals surface area contributed by atoms with Gasteiger partial charge in [-0.05, 0) is 18.6 Å². The summed E-state index contributed by atoms with van der Waals surface area (Å²) < 4.78 is 5.14. The summed E-state index contributed by atoms with van der Waals surface area (Å²) in [7, 11) is 0. The van der Waals surface area contributed by atoms with E-state index in [2.05, 4.69) is 4.98 Å². The van der Waals surface area contributed by atoms with Gasteiger partial charge in [-0.3, -0.25) is 4.79 Å². The van der Waals surface area contributed by atoms with Crippen molar-refractivity contribution in [3.63, 3.8) is 0 Å². The number of nitrogens with two attached hydrogens (primary N) is 2. The summed E-state index contributed by atoms with van der Waals surface area (Å²) in [6.45, 7) is 0.766. The number of ether oxygens (including phenoxy) is 1. The lowest BCUT2D eigenvalue weighted by molar-refractivity contribution is 0.0863. The van der Waals surface area contributed by atoms with Crippen molar-refractivity contribution >= 4 is 11.6 Å². The smallest absolute Gasteiger partial charge is 0.188 e. The maximum Gasteiger partial charge on any atom is 0.188 e. The minimum atomic E-state index is -0.933. The van der Waals surface area contributed by atoms with E-state index in [1.165, 1.54) is 0 Å². The van der Waals surface area contributed by atoms with Gasteiger partial charge in [0.15, 0.2) is 5.78 Å². The number of nitrogens with zero attached hydrogens (tertiary/aromatic N) is 1. The summed E-state index contributed by atoms with van der Waals surface area (Å²) in [4.78, 5) is 15.9. The molecular weight excluding hydrogens is 194 g/mol. The van der Waals surface area contributed by atoms with Gasteiger partial charge in [0.05, 0.1) is 12.2 Å². The Morgan fingerprint density at radius 2 is 2.40 bits per heavy atom. The van der Waals surface area contributed by atoms with Crippen LogP contribution in [0, 0.1) is 0 Å². The van der Waals surface area contributed by atoms with Crippen LogP contribution in [0.1, 0.15) is 16.8 Å². The molecule has 1 fully saturated rings. The number of Topliss-reactive ketones (excluding diaryl/α,β-unsaturated/α-hetero) is 1. The van der Waals surface area contributed by atoms with Crippen molar-refractivity contribution in [1.29, 1.82) is 0 Å². The number of carbonyl (C=O) groups excluding carboxylic acids is 1. The second-order valence-electron chi connectivity index (χ2n) is 3.72. The Kier molecular flexibility index (Phi) is 2.42. The maximum atomic E-state index is 12.1. The van der Waals surface area contributed by atoms with Gasteiger partial charge < -0.3 is 16.2 Å². The van der Waals surface area contributed by atoms with Gasteiger partial charge in [0.2, 0.25) is 0 Å². The van der Waals surface area contributed by atoms with Crippen LogP contribution in [-0.4, -0.2) is 29.5 Å². The average Bonchev–Trinajstić information content (AvgIpc) is 2.66. The van der Waals surface area contributed by atoms with Crippen LogP contribution in [0.25, 0.3) is 0 Å². The Hall–Kier alpha value is -1.46. The number of aromatic nitrogens is 1. The first-order chi connectivity index (χ1) is 7.13. The SMILES string of the molecule is Nc1ncccc1C(=O)C1(N)CCOC1. The highest BCUT2D eigenvalue weighted by Gasteiger charge is 2.39. The monoisotopic (exact) mass is 207 g/mol. The van der Waals surface area contributed by atoms with Crippen LogP contribution in [-0.2, 0) is 4.74 Å². The Balaban J connectivity index is 2.32. The maximum absolute atomic E-state index is 12.1. The predicted molar refractivity (Wildman–Crippen MR) is 55.3 cm³/mol. The molecule has 1 aromatic heterocycles. The zero-order chi connectivity index (χ0) is 10.9. The molecular formula is C10H13N3O2. The van der Waals surface area contributed by atoms with Gasteiger partial charge in [0, 0.05) is 12.8 Å². The second kappa shape index (κ2) is 3.60. The van der Waals surface area contributed by atoms with E-state index in [1.54, 1.807) is 18.3 Å². The predicted octanol–water partition coefficient (Wildman–Crippen LogP) is -0.0357. The summed E-state index contributed by atoms with van der Waals surface area (Å²) in [5, 5.41) is 0. The fourth-order valence-corrected chi connectivity index (χ4v) is 1.64. The Labute approximate surface area is 87.4 Å². The lowest BCUT2D eigenvalue weighted by atomic mass is 9.90. The molecule has 80 valence electrons. The largest absolute Gasteiger partial charge is 0.383 e. The zero-order valence-corrected chi connectivity index (χ0v) is 8.27. The van der Waals surface area contributed by atoms with Gasteiger partial charge in [-0.2, -0.15) is 0 Å². The molecule has 1 saturated heterocycles. The summed E-state index contributed by atoms with van der Waals surface area (Å²) >= 11 is 0. The number of rotatable bonds is 2. The summed E-state index contributed by atoms with van der Waals surface area (Å²) in [5.74, 6) is 0.0322. The minimum Gasteiger partial charge on any atom is -0.383 e. The van der Waals surface area contributed by atoms with E-state index in [-0.39, 0.29) is 18.2 Å². The van der Waals surface area contributed by atoms with Crippen molar-refractivity contribution in [2.24, 2.45) is 5.73 Å². The summed E-state index contributed by atoms with van der Waals surface area (Å²) in [6.07, 6.45) is 2.07. The first-order valence-corrected chi connectivity index (χ1v) is 4.75. The third kappa shape index (κ3) is 1.71. The number of hydrogen-bond donors (Lipinski definition) is 2. The molecule has 5 nitrogen and oxygen atoms in total. The standard InChI is InChI=1S/C10H13N3O2/c11-9-7(2-1-4-13-9)8(14)10(12)3-5-15-6-10/h1-2,4H,3,5-6,12H2,(H2,11,13). The number of hydrogen-bond acceptors (Lipinski definition) is 5. The van der Waals surface area contributed by atoms with Crippen LogP contribution in [0.2, 0.25) is 0 Å². The van der Waals surface area contributed by atoms with Crippen molar-refractivity contribution in [3.05, 3.63) is 23.9 Å². The Morgan fingerprint density at radius 3 is 3.00 bits per heavy atom. The highest BCUT2D eigenvalue weighted by Crippen LogP contribution is 2.22. The number of ketones is 1. The molecule has 1 unspecified atom stereocenters. The lowest BCUT2D eigenvalue weighted by Gasteiger charge is -2.20. The summed E-state index contributed by atoms with van der Waals surface area (Å²) in [5.41, 5.74) is 11.0. The van der Waals surface area contributed by atoms with Crippen LogP contribution in [0.15, 0.2) is 18.3 Å². The van der Waals surface area contributed by atoms with Gasteiger partial charge >= 0.3 is 0 Å². The zero-order valence-electron chi connectivity index (χ0n) is 8.27. The molecule has 0 saturated carbocycles. The molecule has 5 heteroatoms. The van der Waals surface area contributed by atoms with Crippen molar-refractivity contribution < 1.29 is 9.53 Å². The van der Waals surface area contributed by atoms with E-state index >= 15 is 0 Å². The minimum absolute atomic E-state index is 0.189. The van der Waals surface area contributed by atoms with E-state index in [0.717, 1.165) is 0 Å². The third-order valence-electron chi connectivity index (χ3n) is 2.59. The number of pyridine rings is 1.